The maximum Gasteiger partial charge on any atom is 0.407 e. The Balaban J connectivity index is 0.838. The first-order valence-electron chi connectivity index (χ1n) is 22.8. The molecular formula is C51H56N8O6. The SMILES string of the molecule is COC(=O)NC(C(=O)N1CC2(CC2)CC1c1ncc(-c2ccc3cc(-c4ccc(-c5cnc(C6C7CCC(C7)N6C(O)C(NC(=O)OC)C(C)C)[nH]5)cc4)ccc3c2)[nH]1)c1ccccc1. The molecule has 0 radical (unpaired) electrons. The number of nitrogens with zero attached hydrogens (tertiary/aromatic N) is 4. The molecule has 336 valence electrons. The summed E-state index contributed by atoms with van der Waals surface area (Å²) in [6.07, 6.45) is 7.68. The Bertz CT molecular complexity index is 2710. The van der Waals surface area contributed by atoms with E-state index in [0.717, 1.165) is 94.6 Å². The van der Waals surface area contributed by atoms with Crippen LogP contribution in [-0.2, 0) is 14.3 Å². The Morgan fingerprint density at radius 3 is 2.08 bits per heavy atom. The molecule has 65 heavy (non-hydrogen) atoms. The van der Waals surface area contributed by atoms with Gasteiger partial charge in [-0.2, -0.15) is 0 Å². The Morgan fingerprint density at radius 1 is 0.769 bits per heavy atom. The zero-order valence-corrected chi connectivity index (χ0v) is 37.2. The molecule has 2 aromatic heterocycles. The second kappa shape index (κ2) is 17.1. The van der Waals surface area contributed by atoms with E-state index in [1.54, 1.807) is 0 Å². The van der Waals surface area contributed by atoms with Crippen LogP contribution in [-0.4, -0.2) is 92.0 Å². The van der Waals surface area contributed by atoms with Crippen LogP contribution in [0.25, 0.3) is 44.4 Å². The number of fused-ring (bicyclic) bond motifs is 3. The number of hydrogen-bond donors (Lipinski definition) is 5. The van der Waals surface area contributed by atoms with Gasteiger partial charge in [-0.15, -0.1) is 0 Å². The van der Waals surface area contributed by atoms with Crippen LogP contribution in [0.4, 0.5) is 9.59 Å². The number of methoxy groups -OCH3 is 2. The number of amides is 3. The van der Waals surface area contributed by atoms with Gasteiger partial charge in [-0.05, 0) is 101 Å². The number of aliphatic hydroxyl groups is 1. The summed E-state index contributed by atoms with van der Waals surface area (Å²) in [5, 5.41) is 19.5. The van der Waals surface area contributed by atoms with Crippen molar-refractivity contribution in [2.75, 3.05) is 20.8 Å². The molecule has 2 saturated heterocycles. The summed E-state index contributed by atoms with van der Waals surface area (Å²) < 4.78 is 9.77. The van der Waals surface area contributed by atoms with Crippen molar-refractivity contribution >= 4 is 28.9 Å². The minimum absolute atomic E-state index is 0.00429. The van der Waals surface area contributed by atoms with Crippen molar-refractivity contribution in [3.63, 3.8) is 0 Å². The molecule has 6 aromatic rings. The van der Waals surface area contributed by atoms with Crippen LogP contribution >= 0.6 is 0 Å². The van der Waals surface area contributed by atoms with E-state index in [2.05, 4.69) is 86.2 Å². The number of piperidine rings is 1. The number of ether oxygens (including phenoxy) is 2. The minimum Gasteiger partial charge on any atom is -0.453 e. The first-order valence-corrected chi connectivity index (χ1v) is 22.8. The van der Waals surface area contributed by atoms with E-state index in [9.17, 15) is 19.5 Å². The van der Waals surface area contributed by atoms with E-state index >= 15 is 0 Å². The van der Waals surface area contributed by atoms with E-state index in [1.807, 2.05) is 61.5 Å². The highest BCUT2D eigenvalue weighted by Crippen LogP contribution is 2.58. The highest BCUT2D eigenvalue weighted by Gasteiger charge is 2.55. The van der Waals surface area contributed by atoms with Crippen LogP contribution in [0.3, 0.4) is 0 Å². The Morgan fingerprint density at radius 2 is 1.38 bits per heavy atom. The van der Waals surface area contributed by atoms with Crippen molar-refractivity contribution in [1.82, 2.24) is 40.4 Å². The summed E-state index contributed by atoms with van der Waals surface area (Å²) in [5.41, 5.74) is 6.79. The fraction of sp³-hybridized carbons (Fsp3) is 0.392. The van der Waals surface area contributed by atoms with Crippen LogP contribution in [0.1, 0.15) is 87.7 Å². The summed E-state index contributed by atoms with van der Waals surface area (Å²) in [7, 11) is 2.64. The number of likely N-dealkylation sites (tertiary alicyclic amines) is 2. The molecule has 3 amide bonds. The van der Waals surface area contributed by atoms with Crippen molar-refractivity contribution in [3.8, 4) is 33.6 Å². The summed E-state index contributed by atoms with van der Waals surface area (Å²) in [5.74, 6) is 1.76. The van der Waals surface area contributed by atoms with Gasteiger partial charge in [0.1, 0.15) is 23.9 Å². The molecule has 5 N–H and O–H groups in total. The molecule has 2 saturated carbocycles. The lowest BCUT2D eigenvalue weighted by Crippen LogP contribution is -2.56. The average Bonchev–Trinajstić information content (AvgIpc) is 3.97. The fourth-order valence-electron chi connectivity index (χ4n) is 10.8. The molecule has 14 nitrogen and oxygen atoms in total. The number of rotatable bonds is 12. The van der Waals surface area contributed by atoms with Crippen molar-refractivity contribution in [2.45, 2.75) is 88.8 Å². The number of hydrogen-bond acceptors (Lipinski definition) is 9. The van der Waals surface area contributed by atoms with Gasteiger partial charge in [-0.1, -0.05) is 92.7 Å². The first-order chi connectivity index (χ1) is 31.5. The minimum atomic E-state index is -0.880. The number of alkyl carbamates (subject to hydrolysis) is 2. The monoisotopic (exact) mass is 876 g/mol. The summed E-state index contributed by atoms with van der Waals surface area (Å²) in [6.45, 7) is 4.60. The number of aromatic nitrogens is 4. The largest absolute Gasteiger partial charge is 0.453 e. The van der Waals surface area contributed by atoms with Crippen molar-refractivity contribution in [2.24, 2.45) is 17.3 Å². The topological polar surface area (TPSA) is 178 Å². The lowest BCUT2D eigenvalue weighted by Gasteiger charge is -2.41. The van der Waals surface area contributed by atoms with Crippen molar-refractivity contribution in [3.05, 3.63) is 121 Å². The zero-order valence-electron chi connectivity index (χ0n) is 37.2. The summed E-state index contributed by atoms with van der Waals surface area (Å²) >= 11 is 0. The smallest absolute Gasteiger partial charge is 0.407 e. The van der Waals surface area contributed by atoms with Crippen LogP contribution in [0, 0.1) is 17.3 Å². The van der Waals surface area contributed by atoms with Gasteiger partial charge in [0.25, 0.3) is 5.91 Å². The number of benzene rings is 4. The number of carbonyl (C=O) groups is 3. The van der Waals surface area contributed by atoms with E-state index in [4.69, 9.17) is 19.4 Å². The maximum absolute atomic E-state index is 14.3. The Kier molecular flexibility index (Phi) is 11.2. The molecule has 2 aliphatic heterocycles. The predicted octanol–water partition coefficient (Wildman–Crippen LogP) is 8.66. The quantitative estimate of drug-likeness (QED) is 0.0805. The summed E-state index contributed by atoms with van der Waals surface area (Å²) in [6, 6.07) is 29.2. The second-order valence-corrected chi connectivity index (χ2v) is 18.8. The molecule has 4 fully saturated rings. The van der Waals surface area contributed by atoms with Crippen molar-refractivity contribution in [1.29, 1.82) is 0 Å². The van der Waals surface area contributed by atoms with Gasteiger partial charge in [0, 0.05) is 18.2 Å². The molecule has 4 aliphatic rings. The number of aromatic amines is 2. The molecule has 4 aromatic carbocycles. The Hall–Kier alpha value is -6.51. The maximum atomic E-state index is 14.3. The van der Waals surface area contributed by atoms with Gasteiger partial charge in [0.05, 0.1) is 56.1 Å². The van der Waals surface area contributed by atoms with Gasteiger partial charge in [-0.25, -0.2) is 19.6 Å². The third-order valence-corrected chi connectivity index (χ3v) is 14.5. The lowest BCUT2D eigenvalue weighted by molar-refractivity contribution is -0.134. The van der Waals surface area contributed by atoms with Crippen LogP contribution < -0.4 is 10.6 Å². The highest BCUT2D eigenvalue weighted by molar-refractivity contribution is 5.91. The molecular weight excluding hydrogens is 821 g/mol. The van der Waals surface area contributed by atoms with E-state index in [1.165, 1.54) is 14.2 Å². The number of nitrogens with one attached hydrogen (secondary N) is 4. The number of aliphatic hydroxyl groups excluding tert-OH is 1. The van der Waals surface area contributed by atoms with E-state index in [-0.39, 0.29) is 35.4 Å². The molecule has 2 bridgehead atoms. The highest BCUT2D eigenvalue weighted by atomic mass is 16.5. The summed E-state index contributed by atoms with van der Waals surface area (Å²) in [4.78, 5) is 59.8. The van der Waals surface area contributed by atoms with Crippen LogP contribution in [0.2, 0.25) is 0 Å². The molecule has 1 spiro atoms. The molecule has 14 heteroatoms. The van der Waals surface area contributed by atoms with Gasteiger partial charge in [0.2, 0.25) is 0 Å². The fourth-order valence-corrected chi connectivity index (χ4v) is 10.8. The number of imidazole rings is 2. The average molecular weight is 877 g/mol. The number of carbonyl (C=O) groups excluding carboxylic acids is 3. The van der Waals surface area contributed by atoms with Crippen LogP contribution in [0.5, 0.6) is 0 Å². The first kappa shape index (κ1) is 42.4. The lowest BCUT2D eigenvalue weighted by atomic mass is 9.95. The van der Waals surface area contributed by atoms with Gasteiger partial charge >= 0.3 is 12.2 Å². The molecule has 7 atom stereocenters. The van der Waals surface area contributed by atoms with Gasteiger partial charge in [-0.3, -0.25) is 9.69 Å². The van der Waals surface area contributed by atoms with Crippen molar-refractivity contribution < 1.29 is 29.0 Å². The normalized spacial score (nSPS) is 22.3. The van der Waals surface area contributed by atoms with E-state index < -0.39 is 30.5 Å². The molecule has 2 aliphatic carbocycles. The second-order valence-electron chi connectivity index (χ2n) is 18.8. The third kappa shape index (κ3) is 8.14. The predicted molar refractivity (Wildman–Crippen MR) is 246 cm³/mol. The molecule has 10 rings (SSSR count). The zero-order chi connectivity index (χ0) is 45.0. The molecule has 7 unspecified atom stereocenters. The number of H-pyrrole nitrogens is 2. The Labute approximate surface area is 378 Å². The van der Waals surface area contributed by atoms with Crippen LogP contribution in [0.15, 0.2) is 103 Å². The van der Waals surface area contributed by atoms with Gasteiger partial charge < -0.3 is 40.1 Å². The third-order valence-electron chi connectivity index (χ3n) is 14.5. The molecule has 4 heterocycles. The van der Waals surface area contributed by atoms with E-state index in [0.29, 0.717) is 18.0 Å². The van der Waals surface area contributed by atoms with Gasteiger partial charge in [0.15, 0.2) is 0 Å². The standard InChI is InChI=1S/C51H56N8O6/c1-29(2)42(56-49(62)64-3)48(61)59-38-19-18-37(24-38)44(59)46-53-26-39(55-46)31-12-10-30(11-13-31)33-14-15-35-23-36(17-16-34(35)22-33)40-27-52-45(54-40)41-25-51(20-21-51)28-58(41)47(60)43(57-50(63)65-4)32-8-6-5-7-9-32/h5-17,22-23,26-27,29,37-38,41-44,48,61H,18-21,24-25,28H2,1-4H3,(H,52,54)(H,53,55)(H,56,62)(H,57,63).